The molecule has 0 amide bonds. The van der Waals surface area contributed by atoms with E-state index in [1.807, 2.05) is 0 Å². The molecule has 0 saturated carbocycles. The minimum atomic E-state index is -0.458. The Kier molecular flexibility index (Phi) is 10.6. The summed E-state index contributed by atoms with van der Waals surface area (Å²) in [7, 11) is 0. The molecule has 10 nitrogen and oxygen atoms in total. The van der Waals surface area contributed by atoms with Crippen LogP contribution in [-0.4, -0.2) is 21.4 Å². The standard InChI is InChI=1S/2C13H10N2O3.Cu/c2*16-13-4-2-1-3-10(13)9-14-11-5-7-12(8-6-11)15(17)18;/h2*1-9,14H;. The van der Waals surface area contributed by atoms with Crippen LogP contribution < -0.4 is 10.6 Å². The van der Waals surface area contributed by atoms with E-state index in [1.54, 1.807) is 73.1 Å². The van der Waals surface area contributed by atoms with Gasteiger partial charge < -0.3 is 10.6 Å². The van der Waals surface area contributed by atoms with Gasteiger partial charge in [0, 0.05) is 76.3 Å². The van der Waals surface area contributed by atoms with E-state index in [-0.39, 0.29) is 40.0 Å². The van der Waals surface area contributed by atoms with Crippen molar-refractivity contribution in [1.29, 1.82) is 0 Å². The monoisotopic (exact) mass is 547 g/mol. The van der Waals surface area contributed by atoms with Gasteiger partial charge in [0.25, 0.3) is 11.4 Å². The number of nitrogens with one attached hydrogen (secondary N) is 2. The van der Waals surface area contributed by atoms with Crippen molar-refractivity contribution in [3.63, 3.8) is 0 Å². The molecule has 0 aromatic heterocycles. The molecule has 37 heavy (non-hydrogen) atoms. The molecule has 2 N–H and O–H groups in total. The molecule has 0 spiro atoms. The molecule has 0 aliphatic heterocycles. The molecule has 1 radical (unpaired) electrons. The molecule has 4 rings (SSSR count). The fourth-order valence-electron chi connectivity index (χ4n) is 2.88. The van der Waals surface area contributed by atoms with Crippen LogP contribution >= 0.6 is 0 Å². The number of nitro groups is 2. The van der Waals surface area contributed by atoms with Crippen LogP contribution in [0.5, 0.6) is 0 Å². The zero-order valence-electron chi connectivity index (χ0n) is 19.0. The zero-order chi connectivity index (χ0) is 25.9. The SMILES string of the molecule is O=C1C=CC=CC1=CNc1ccc([N+](=O)[O-])cc1.O=C1C=CC=CC1=CNc1ccc([N+](=O)[O-])cc1.[Cu]. The maximum absolute atomic E-state index is 11.4. The average molecular weight is 548 g/mol. The quantitative estimate of drug-likeness (QED) is 0.218. The zero-order valence-corrected chi connectivity index (χ0v) is 20.0. The maximum atomic E-state index is 11.4. The first kappa shape index (κ1) is 28.4. The van der Waals surface area contributed by atoms with Gasteiger partial charge in [0.2, 0.25) is 0 Å². The van der Waals surface area contributed by atoms with Crippen LogP contribution in [0.1, 0.15) is 0 Å². The molecule has 2 aromatic rings. The molecule has 0 fully saturated rings. The van der Waals surface area contributed by atoms with Crippen molar-refractivity contribution in [3.8, 4) is 0 Å². The first-order valence-corrected chi connectivity index (χ1v) is 10.5. The van der Waals surface area contributed by atoms with Gasteiger partial charge in [-0.1, -0.05) is 24.3 Å². The maximum Gasteiger partial charge on any atom is 0.269 e. The van der Waals surface area contributed by atoms with Gasteiger partial charge in [0.05, 0.1) is 9.85 Å². The van der Waals surface area contributed by atoms with E-state index in [2.05, 4.69) is 10.6 Å². The van der Waals surface area contributed by atoms with Crippen LogP contribution in [0, 0.1) is 20.2 Å². The van der Waals surface area contributed by atoms with Crippen molar-refractivity contribution in [2.45, 2.75) is 0 Å². The van der Waals surface area contributed by atoms with Crippen molar-refractivity contribution < 1.29 is 36.5 Å². The van der Waals surface area contributed by atoms with E-state index < -0.39 is 9.85 Å². The molecule has 0 unspecified atom stereocenters. The Bertz CT molecular complexity index is 1250. The summed E-state index contributed by atoms with van der Waals surface area (Å²) >= 11 is 0. The number of allylic oxidation sites excluding steroid dienone is 10. The predicted octanol–water partition coefficient (Wildman–Crippen LogP) is 5.17. The van der Waals surface area contributed by atoms with Crippen molar-refractivity contribution in [3.05, 3.63) is 141 Å². The third-order valence-electron chi connectivity index (χ3n) is 4.78. The predicted molar refractivity (Wildman–Crippen MR) is 136 cm³/mol. The molecule has 0 bridgehead atoms. The molecule has 0 saturated heterocycles. The fourth-order valence-corrected chi connectivity index (χ4v) is 2.88. The number of nitro benzene ring substituents is 2. The van der Waals surface area contributed by atoms with Gasteiger partial charge in [0.15, 0.2) is 11.6 Å². The summed E-state index contributed by atoms with van der Waals surface area (Å²) in [6.45, 7) is 0. The Morgan fingerprint density at radius 2 is 0.892 bits per heavy atom. The van der Waals surface area contributed by atoms with E-state index >= 15 is 0 Å². The second-order valence-corrected chi connectivity index (χ2v) is 7.26. The average Bonchev–Trinajstić information content (AvgIpc) is 2.88. The molecule has 2 aliphatic rings. The van der Waals surface area contributed by atoms with E-state index in [9.17, 15) is 29.8 Å². The Morgan fingerprint density at radius 3 is 1.19 bits per heavy atom. The van der Waals surface area contributed by atoms with Gasteiger partial charge in [-0.2, -0.15) is 0 Å². The Hall–Kier alpha value is -4.86. The first-order valence-electron chi connectivity index (χ1n) is 10.5. The van der Waals surface area contributed by atoms with Crippen LogP contribution in [-0.2, 0) is 26.7 Å². The summed E-state index contributed by atoms with van der Waals surface area (Å²) in [6, 6.07) is 11.9. The summed E-state index contributed by atoms with van der Waals surface area (Å²) in [6.07, 6.45) is 16.4. The Labute approximate surface area is 222 Å². The topological polar surface area (TPSA) is 144 Å². The summed E-state index contributed by atoms with van der Waals surface area (Å²) in [4.78, 5) is 42.9. The third-order valence-corrected chi connectivity index (χ3v) is 4.78. The molecule has 2 aromatic carbocycles. The van der Waals surface area contributed by atoms with Gasteiger partial charge >= 0.3 is 0 Å². The number of rotatable bonds is 6. The van der Waals surface area contributed by atoms with Gasteiger partial charge in [0.1, 0.15) is 0 Å². The fraction of sp³-hybridized carbons (Fsp3) is 0. The Morgan fingerprint density at radius 1 is 0.568 bits per heavy atom. The number of non-ortho nitro benzene ring substituents is 2. The minimum Gasteiger partial charge on any atom is -0.361 e. The number of benzene rings is 2. The second-order valence-electron chi connectivity index (χ2n) is 7.26. The summed E-state index contributed by atoms with van der Waals surface area (Å²) < 4.78 is 0. The molecule has 2 aliphatic carbocycles. The first-order chi connectivity index (χ1) is 17.3. The van der Waals surface area contributed by atoms with Crippen LogP contribution in [0.25, 0.3) is 0 Å². The number of hydrogen-bond donors (Lipinski definition) is 2. The summed E-state index contributed by atoms with van der Waals surface area (Å²) in [5.74, 6) is -0.154. The van der Waals surface area contributed by atoms with Crippen molar-refractivity contribution in [2.24, 2.45) is 0 Å². The van der Waals surface area contributed by atoms with Gasteiger partial charge in [-0.05, 0) is 48.6 Å². The van der Waals surface area contributed by atoms with E-state index in [0.717, 1.165) is 0 Å². The van der Waals surface area contributed by atoms with Crippen molar-refractivity contribution >= 4 is 34.3 Å². The molecule has 0 atom stereocenters. The minimum absolute atomic E-state index is 0. The number of nitrogens with zero attached hydrogens (tertiary/aromatic N) is 2. The third kappa shape index (κ3) is 8.70. The van der Waals surface area contributed by atoms with E-state index in [1.165, 1.54) is 36.4 Å². The van der Waals surface area contributed by atoms with Crippen LogP contribution in [0.15, 0.2) is 121 Å². The number of carbonyl (C=O) groups excluding carboxylic acids is 2. The smallest absolute Gasteiger partial charge is 0.269 e. The van der Waals surface area contributed by atoms with Gasteiger partial charge in [-0.25, -0.2) is 0 Å². The van der Waals surface area contributed by atoms with Crippen LogP contribution in [0.3, 0.4) is 0 Å². The summed E-state index contributed by atoms with van der Waals surface area (Å²) in [5, 5.41) is 26.8. The second kappa shape index (κ2) is 13.9. The number of ketones is 2. The largest absolute Gasteiger partial charge is 0.361 e. The summed E-state index contributed by atoms with van der Waals surface area (Å²) in [5.41, 5.74) is 2.51. The molecule has 191 valence electrons. The van der Waals surface area contributed by atoms with Gasteiger partial charge in [-0.15, -0.1) is 0 Å². The van der Waals surface area contributed by atoms with Crippen LogP contribution in [0.2, 0.25) is 0 Å². The molecule has 11 heteroatoms. The van der Waals surface area contributed by atoms with Gasteiger partial charge in [-0.3, -0.25) is 29.8 Å². The number of carbonyl (C=O) groups is 2. The molecular formula is C26H20CuN4O6. The van der Waals surface area contributed by atoms with E-state index in [4.69, 9.17) is 0 Å². The number of anilines is 2. The van der Waals surface area contributed by atoms with E-state index in [0.29, 0.717) is 22.5 Å². The molecule has 0 heterocycles. The van der Waals surface area contributed by atoms with Crippen LogP contribution in [0.4, 0.5) is 22.7 Å². The van der Waals surface area contributed by atoms with Crippen molar-refractivity contribution in [1.82, 2.24) is 0 Å². The normalized spacial score (nSPS) is 15.6. The van der Waals surface area contributed by atoms with Crippen molar-refractivity contribution in [2.75, 3.05) is 10.6 Å². The number of hydrogen-bond acceptors (Lipinski definition) is 8. The molecular weight excluding hydrogens is 528 g/mol. The Balaban J connectivity index is 0.000000253.